The largest absolute Gasteiger partial charge is 0.496 e. The molecule has 0 aliphatic heterocycles. The van der Waals surface area contributed by atoms with E-state index in [0.717, 1.165) is 41.2 Å². The minimum absolute atomic E-state index is 0.116. The molecular formula is C23H30N4O2S. The molecule has 7 heteroatoms. The number of aryl methyl sites for hydroxylation is 1. The van der Waals surface area contributed by atoms with Crippen LogP contribution in [0.5, 0.6) is 5.75 Å². The number of ketones is 1. The van der Waals surface area contributed by atoms with Gasteiger partial charge in [0, 0.05) is 30.5 Å². The molecule has 0 saturated heterocycles. The number of thioether (sulfide) groups is 1. The van der Waals surface area contributed by atoms with E-state index < -0.39 is 0 Å². The second-order valence-electron chi connectivity index (χ2n) is 7.90. The fraction of sp³-hybridized carbons (Fsp3) is 0.435. The van der Waals surface area contributed by atoms with E-state index in [1.54, 1.807) is 7.11 Å². The summed E-state index contributed by atoms with van der Waals surface area (Å²) in [5.41, 5.74) is 3.86. The lowest BCUT2D eigenvalue weighted by Crippen LogP contribution is -2.08. The number of carbonyl (C=O) groups is 1. The average molecular weight is 427 g/mol. The van der Waals surface area contributed by atoms with Crippen LogP contribution in [0.1, 0.15) is 42.0 Å². The van der Waals surface area contributed by atoms with Crippen molar-refractivity contribution < 1.29 is 9.53 Å². The zero-order valence-electron chi connectivity index (χ0n) is 18.6. The van der Waals surface area contributed by atoms with Crippen LogP contribution < -0.4 is 4.74 Å². The third kappa shape index (κ3) is 4.61. The highest BCUT2D eigenvalue weighted by molar-refractivity contribution is 7.99. The molecule has 3 rings (SSSR count). The molecule has 0 aliphatic rings. The van der Waals surface area contributed by atoms with Crippen molar-refractivity contribution in [1.29, 1.82) is 0 Å². The maximum Gasteiger partial charge on any atom is 0.191 e. The number of ether oxygens (including phenoxy) is 1. The van der Waals surface area contributed by atoms with Gasteiger partial charge in [0.1, 0.15) is 5.75 Å². The topological polar surface area (TPSA) is 61.9 Å². The van der Waals surface area contributed by atoms with Gasteiger partial charge in [0.2, 0.25) is 0 Å². The molecule has 0 amide bonds. The number of methoxy groups -OCH3 is 1. The average Bonchev–Trinajstić information content (AvgIpc) is 3.23. The highest BCUT2D eigenvalue weighted by Crippen LogP contribution is 2.30. The van der Waals surface area contributed by atoms with Crippen molar-refractivity contribution >= 4 is 17.5 Å². The highest BCUT2D eigenvalue weighted by atomic mass is 32.2. The molecule has 160 valence electrons. The van der Waals surface area contributed by atoms with E-state index in [2.05, 4.69) is 35.5 Å². The molecule has 0 unspecified atom stereocenters. The summed E-state index contributed by atoms with van der Waals surface area (Å²) >= 11 is 1.41. The fourth-order valence-corrected chi connectivity index (χ4v) is 4.32. The lowest BCUT2D eigenvalue weighted by Gasteiger charge is -2.11. The summed E-state index contributed by atoms with van der Waals surface area (Å²) in [6.45, 7) is 9.49. The zero-order chi connectivity index (χ0) is 21.8. The zero-order valence-corrected chi connectivity index (χ0v) is 19.4. The predicted octanol–water partition coefficient (Wildman–Crippen LogP) is 4.93. The monoisotopic (exact) mass is 426 g/mol. The Morgan fingerprint density at radius 3 is 2.63 bits per heavy atom. The van der Waals surface area contributed by atoms with E-state index in [0.29, 0.717) is 22.7 Å². The fourth-order valence-electron chi connectivity index (χ4n) is 3.53. The van der Waals surface area contributed by atoms with Gasteiger partial charge in [-0.05, 0) is 44.4 Å². The van der Waals surface area contributed by atoms with Gasteiger partial charge in [0.05, 0.1) is 18.4 Å². The maximum atomic E-state index is 12.9. The molecule has 2 heterocycles. The Morgan fingerprint density at radius 1 is 1.20 bits per heavy atom. The summed E-state index contributed by atoms with van der Waals surface area (Å²) in [5, 5.41) is 9.32. The Kier molecular flexibility index (Phi) is 7.02. The maximum absolute atomic E-state index is 12.9. The summed E-state index contributed by atoms with van der Waals surface area (Å²) in [4.78, 5) is 12.9. The standard InChI is InChI=1S/C23H30N4O2S/c1-15(2)11-12-27-16(3)13-19(17(27)4)20(28)14-30-23-25-24-22(26(23)5)18-9-7-8-10-21(18)29-6/h7-10,13,15H,11-12,14H2,1-6H3. The van der Waals surface area contributed by atoms with Crippen LogP contribution in [0.4, 0.5) is 0 Å². The van der Waals surface area contributed by atoms with Crippen molar-refractivity contribution in [2.45, 2.75) is 45.8 Å². The normalized spacial score (nSPS) is 11.3. The van der Waals surface area contributed by atoms with Gasteiger partial charge in [-0.2, -0.15) is 0 Å². The molecule has 3 aromatic rings. The first kappa shape index (κ1) is 22.2. The first-order valence-electron chi connectivity index (χ1n) is 10.2. The highest BCUT2D eigenvalue weighted by Gasteiger charge is 2.19. The third-order valence-electron chi connectivity index (χ3n) is 5.32. The van der Waals surface area contributed by atoms with Crippen molar-refractivity contribution in [1.82, 2.24) is 19.3 Å². The van der Waals surface area contributed by atoms with E-state index in [4.69, 9.17) is 4.74 Å². The van der Waals surface area contributed by atoms with E-state index in [1.165, 1.54) is 11.8 Å². The lowest BCUT2D eigenvalue weighted by atomic mass is 10.1. The van der Waals surface area contributed by atoms with Crippen LogP contribution in [0.15, 0.2) is 35.5 Å². The Hall–Kier alpha value is -2.54. The summed E-state index contributed by atoms with van der Waals surface area (Å²) < 4.78 is 9.59. The van der Waals surface area contributed by atoms with Gasteiger partial charge >= 0.3 is 0 Å². The van der Waals surface area contributed by atoms with Crippen molar-refractivity contribution in [2.75, 3.05) is 12.9 Å². The van der Waals surface area contributed by atoms with Crippen LogP contribution in [0.2, 0.25) is 0 Å². The van der Waals surface area contributed by atoms with Crippen LogP contribution in [-0.2, 0) is 13.6 Å². The lowest BCUT2D eigenvalue weighted by molar-refractivity contribution is 0.102. The molecule has 0 bridgehead atoms. The SMILES string of the molecule is COc1ccccc1-c1nnc(SCC(=O)c2cc(C)n(CCC(C)C)c2C)n1C. The Morgan fingerprint density at radius 2 is 1.93 bits per heavy atom. The number of benzene rings is 1. The van der Waals surface area contributed by atoms with Crippen LogP contribution in [0.25, 0.3) is 11.4 Å². The van der Waals surface area contributed by atoms with E-state index in [1.807, 2.05) is 48.9 Å². The molecule has 6 nitrogen and oxygen atoms in total. The second-order valence-corrected chi connectivity index (χ2v) is 8.84. The molecule has 2 aromatic heterocycles. The van der Waals surface area contributed by atoms with Gasteiger partial charge in [-0.15, -0.1) is 10.2 Å². The number of hydrogen-bond acceptors (Lipinski definition) is 5. The van der Waals surface area contributed by atoms with Crippen LogP contribution in [-0.4, -0.2) is 38.0 Å². The minimum Gasteiger partial charge on any atom is -0.496 e. The molecule has 0 saturated carbocycles. The summed E-state index contributed by atoms with van der Waals surface area (Å²) in [6, 6.07) is 9.72. The van der Waals surface area contributed by atoms with Gasteiger partial charge in [0.15, 0.2) is 16.8 Å². The van der Waals surface area contributed by atoms with Crippen LogP contribution in [0, 0.1) is 19.8 Å². The van der Waals surface area contributed by atoms with Crippen molar-refractivity contribution in [3.05, 3.63) is 47.3 Å². The summed E-state index contributed by atoms with van der Waals surface area (Å²) in [7, 11) is 3.55. The molecule has 30 heavy (non-hydrogen) atoms. The third-order valence-corrected chi connectivity index (χ3v) is 6.34. The Balaban J connectivity index is 1.73. The smallest absolute Gasteiger partial charge is 0.191 e. The first-order valence-corrected chi connectivity index (χ1v) is 11.2. The molecule has 0 radical (unpaired) electrons. The molecule has 0 atom stereocenters. The number of nitrogens with zero attached hydrogens (tertiary/aromatic N) is 4. The molecule has 1 aromatic carbocycles. The van der Waals surface area contributed by atoms with Gasteiger partial charge in [0.25, 0.3) is 0 Å². The Bertz CT molecular complexity index is 1040. The number of para-hydroxylation sites is 1. The van der Waals surface area contributed by atoms with E-state index in [-0.39, 0.29) is 5.78 Å². The number of carbonyl (C=O) groups excluding carboxylic acids is 1. The van der Waals surface area contributed by atoms with Crippen molar-refractivity contribution in [3.63, 3.8) is 0 Å². The predicted molar refractivity (Wildman–Crippen MR) is 121 cm³/mol. The van der Waals surface area contributed by atoms with Gasteiger partial charge < -0.3 is 13.9 Å². The van der Waals surface area contributed by atoms with Gasteiger partial charge in [-0.25, -0.2) is 0 Å². The second kappa shape index (κ2) is 9.51. The quantitative estimate of drug-likeness (QED) is 0.359. The number of rotatable bonds is 9. The minimum atomic E-state index is 0.116. The van der Waals surface area contributed by atoms with E-state index in [9.17, 15) is 4.79 Å². The molecule has 0 spiro atoms. The Labute approximate surface area is 182 Å². The van der Waals surface area contributed by atoms with E-state index >= 15 is 0 Å². The summed E-state index contributed by atoms with van der Waals surface area (Å²) in [6.07, 6.45) is 1.10. The van der Waals surface area contributed by atoms with Crippen molar-refractivity contribution in [2.24, 2.45) is 13.0 Å². The van der Waals surface area contributed by atoms with Crippen LogP contribution in [0.3, 0.4) is 0 Å². The molecule has 0 N–H and O–H groups in total. The molecule has 0 fully saturated rings. The van der Waals surface area contributed by atoms with Crippen LogP contribution >= 0.6 is 11.8 Å². The molecular weight excluding hydrogens is 396 g/mol. The molecule has 0 aliphatic carbocycles. The number of aromatic nitrogens is 4. The number of Topliss-reactive ketones (excluding diaryl/α,β-unsaturated/α-hetero) is 1. The number of hydrogen-bond donors (Lipinski definition) is 0. The van der Waals surface area contributed by atoms with Gasteiger partial charge in [-0.1, -0.05) is 37.7 Å². The van der Waals surface area contributed by atoms with Crippen molar-refractivity contribution in [3.8, 4) is 17.1 Å². The summed E-state index contributed by atoms with van der Waals surface area (Å²) in [5.74, 6) is 2.54. The first-order chi connectivity index (χ1) is 14.3. The van der Waals surface area contributed by atoms with Gasteiger partial charge in [-0.3, -0.25) is 4.79 Å².